The molecule has 0 unspecified atom stereocenters. The lowest BCUT2D eigenvalue weighted by atomic mass is 10.0. The number of hydrogen-bond acceptors (Lipinski definition) is 4. The van der Waals surface area contributed by atoms with Gasteiger partial charge in [0, 0.05) is 25.4 Å². The number of likely N-dealkylation sites (tertiary alicyclic amines) is 1. The molecule has 0 saturated carbocycles. The fraction of sp³-hybridized carbons (Fsp3) is 0.462. The number of hydrogen-bond donors (Lipinski definition) is 0. The quantitative estimate of drug-likeness (QED) is 0.843. The van der Waals surface area contributed by atoms with Crippen molar-refractivity contribution >= 4 is 21.8 Å². The van der Waals surface area contributed by atoms with E-state index >= 15 is 0 Å². The topological polar surface area (TPSA) is 64.2 Å². The highest BCUT2D eigenvalue weighted by molar-refractivity contribution is 9.10. The summed E-state index contributed by atoms with van der Waals surface area (Å²) in [5.41, 5.74) is 0.391. The van der Waals surface area contributed by atoms with Crippen LogP contribution in [0.25, 0.3) is 0 Å². The van der Waals surface area contributed by atoms with E-state index in [9.17, 15) is 4.79 Å². The number of aromatic nitrogens is 3. The number of carbonyl (C=O) groups excluding carboxylic acids is 1. The number of carbonyl (C=O) groups is 1. The van der Waals surface area contributed by atoms with Crippen LogP contribution in [0.2, 0.25) is 0 Å². The number of halogens is 1. The maximum Gasteiger partial charge on any atom is 0.276 e. The Morgan fingerprint density at radius 3 is 2.75 bits per heavy atom. The zero-order chi connectivity index (χ0) is 14.1. The van der Waals surface area contributed by atoms with E-state index in [2.05, 4.69) is 26.2 Å². The SMILES string of the molecule is Cc1cc(C(=O)N2CCC(n3cc(Br)cn3)CC2)no1. The van der Waals surface area contributed by atoms with Gasteiger partial charge in [-0.2, -0.15) is 5.10 Å². The van der Waals surface area contributed by atoms with E-state index < -0.39 is 0 Å². The highest BCUT2D eigenvalue weighted by atomic mass is 79.9. The van der Waals surface area contributed by atoms with E-state index in [0.717, 1.165) is 17.3 Å². The first-order chi connectivity index (χ1) is 9.63. The van der Waals surface area contributed by atoms with Crippen molar-refractivity contribution in [1.82, 2.24) is 19.8 Å². The molecule has 3 heterocycles. The van der Waals surface area contributed by atoms with Gasteiger partial charge in [-0.05, 0) is 35.7 Å². The van der Waals surface area contributed by atoms with Crippen LogP contribution in [0.1, 0.15) is 35.1 Å². The molecule has 1 fully saturated rings. The van der Waals surface area contributed by atoms with Crippen molar-refractivity contribution < 1.29 is 9.32 Å². The summed E-state index contributed by atoms with van der Waals surface area (Å²) in [6.07, 6.45) is 5.56. The maximum absolute atomic E-state index is 12.2. The predicted molar refractivity (Wildman–Crippen MR) is 75.3 cm³/mol. The lowest BCUT2D eigenvalue weighted by Crippen LogP contribution is -2.39. The zero-order valence-electron chi connectivity index (χ0n) is 11.1. The second-order valence-electron chi connectivity index (χ2n) is 4.98. The molecule has 0 aliphatic carbocycles. The summed E-state index contributed by atoms with van der Waals surface area (Å²) in [6, 6.07) is 2.03. The van der Waals surface area contributed by atoms with E-state index in [1.54, 1.807) is 19.2 Å². The van der Waals surface area contributed by atoms with Gasteiger partial charge in [0.1, 0.15) is 5.76 Å². The molecule has 106 valence electrons. The van der Waals surface area contributed by atoms with E-state index in [1.807, 2.05) is 15.8 Å². The Labute approximate surface area is 124 Å². The molecule has 20 heavy (non-hydrogen) atoms. The van der Waals surface area contributed by atoms with Gasteiger partial charge in [-0.1, -0.05) is 5.16 Å². The number of amides is 1. The summed E-state index contributed by atoms with van der Waals surface area (Å²) in [5.74, 6) is 0.603. The minimum absolute atomic E-state index is 0.0538. The van der Waals surface area contributed by atoms with E-state index in [0.29, 0.717) is 30.6 Å². The van der Waals surface area contributed by atoms with Gasteiger partial charge < -0.3 is 9.42 Å². The first-order valence-corrected chi connectivity index (χ1v) is 7.35. The molecule has 2 aromatic rings. The normalized spacial score (nSPS) is 16.6. The number of nitrogens with zero attached hydrogens (tertiary/aromatic N) is 4. The Kier molecular flexibility index (Phi) is 3.60. The summed E-state index contributed by atoms with van der Waals surface area (Å²) in [6.45, 7) is 3.21. The van der Waals surface area contributed by atoms with Gasteiger partial charge >= 0.3 is 0 Å². The summed E-state index contributed by atoms with van der Waals surface area (Å²) in [5, 5.41) is 8.09. The van der Waals surface area contributed by atoms with Crippen molar-refractivity contribution in [2.75, 3.05) is 13.1 Å². The summed E-state index contributed by atoms with van der Waals surface area (Å²) in [4.78, 5) is 14.1. The summed E-state index contributed by atoms with van der Waals surface area (Å²) >= 11 is 3.40. The molecule has 7 heteroatoms. The van der Waals surface area contributed by atoms with Crippen LogP contribution in [0.15, 0.2) is 27.5 Å². The number of rotatable bonds is 2. The Bertz CT molecular complexity index is 613. The van der Waals surface area contributed by atoms with Crippen molar-refractivity contribution in [3.05, 3.63) is 34.4 Å². The second-order valence-corrected chi connectivity index (χ2v) is 5.90. The first kappa shape index (κ1) is 13.4. The van der Waals surface area contributed by atoms with Gasteiger partial charge in [-0.15, -0.1) is 0 Å². The summed E-state index contributed by atoms with van der Waals surface area (Å²) in [7, 11) is 0. The fourth-order valence-electron chi connectivity index (χ4n) is 2.48. The van der Waals surface area contributed by atoms with Crippen LogP contribution in [0.3, 0.4) is 0 Å². The molecule has 1 amide bonds. The second kappa shape index (κ2) is 5.40. The monoisotopic (exact) mass is 338 g/mol. The molecule has 0 aromatic carbocycles. The van der Waals surface area contributed by atoms with Crippen molar-refractivity contribution in [1.29, 1.82) is 0 Å². The average Bonchev–Trinajstić information content (AvgIpc) is 3.07. The van der Waals surface area contributed by atoms with Gasteiger partial charge in [0.05, 0.1) is 16.7 Å². The van der Waals surface area contributed by atoms with Crippen molar-refractivity contribution in [2.24, 2.45) is 0 Å². The van der Waals surface area contributed by atoms with E-state index in [1.165, 1.54) is 0 Å². The van der Waals surface area contributed by atoms with Crippen molar-refractivity contribution in [2.45, 2.75) is 25.8 Å². The standard InChI is InChI=1S/C13H15BrN4O2/c1-9-6-12(16-20-9)13(19)17-4-2-11(3-5-17)18-8-10(14)7-15-18/h6-8,11H,2-5H2,1H3. The molecule has 0 atom stereocenters. The Morgan fingerprint density at radius 2 is 2.20 bits per heavy atom. The molecule has 1 aliphatic heterocycles. The third-order valence-electron chi connectivity index (χ3n) is 3.54. The van der Waals surface area contributed by atoms with Gasteiger partial charge in [-0.25, -0.2) is 0 Å². The molecule has 0 bridgehead atoms. The molecule has 0 radical (unpaired) electrons. The zero-order valence-corrected chi connectivity index (χ0v) is 12.7. The highest BCUT2D eigenvalue weighted by Gasteiger charge is 2.26. The average molecular weight is 339 g/mol. The highest BCUT2D eigenvalue weighted by Crippen LogP contribution is 2.24. The third kappa shape index (κ3) is 2.63. The molecular formula is C13H15BrN4O2. The molecule has 2 aromatic heterocycles. The molecule has 0 spiro atoms. The smallest absolute Gasteiger partial charge is 0.276 e. The molecular weight excluding hydrogens is 324 g/mol. The molecule has 6 nitrogen and oxygen atoms in total. The first-order valence-electron chi connectivity index (χ1n) is 6.56. The van der Waals surface area contributed by atoms with Gasteiger partial charge in [-0.3, -0.25) is 9.48 Å². The van der Waals surface area contributed by atoms with E-state index in [4.69, 9.17) is 4.52 Å². The van der Waals surface area contributed by atoms with Crippen LogP contribution in [-0.4, -0.2) is 38.8 Å². The van der Waals surface area contributed by atoms with Crippen LogP contribution in [0, 0.1) is 6.92 Å². The third-order valence-corrected chi connectivity index (χ3v) is 3.95. The Hall–Kier alpha value is -1.63. The molecule has 1 aliphatic rings. The Morgan fingerprint density at radius 1 is 1.45 bits per heavy atom. The fourth-order valence-corrected chi connectivity index (χ4v) is 2.78. The van der Waals surface area contributed by atoms with Crippen LogP contribution in [0.4, 0.5) is 0 Å². The van der Waals surface area contributed by atoms with Crippen LogP contribution < -0.4 is 0 Å². The van der Waals surface area contributed by atoms with Gasteiger partial charge in [0.15, 0.2) is 5.69 Å². The number of piperidine rings is 1. The minimum atomic E-state index is -0.0538. The van der Waals surface area contributed by atoms with Crippen LogP contribution in [-0.2, 0) is 0 Å². The molecule has 3 rings (SSSR count). The van der Waals surface area contributed by atoms with Crippen molar-refractivity contribution in [3.63, 3.8) is 0 Å². The van der Waals surface area contributed by atoms with Crippen LogP contribution in [0.5, 0.6) is 0 Å². The maximum atomic E-state index is 12.2. The van der Waals surface area contributed by atoms with Crippen molar-refractivity contribution in [3.8, 4) is 0 Å². The molecule has 1 saturated heterocycles. The lowest BCUT2D eigenvalue weighted by molar-refractivity contribution is 0.0679. The summed E-state index contributed by atoms with van der Waals surface area (Å²) < 4.78 is 7.90. The van der Waals surface area contributed by atoms with Crippen LogP contribution >= 0.6 is 15.9 Å². The number of aryl methyl sites for hydroxylation is 1. The van der Waals surface area contributed by atoms with E-state index in [-0.39, 0.29) is 5.91 Å². The lowest BCUT2D eigenvalue weighted by Gasteiger charge is -2.31. The predicted octanol–water partition coefficient (Wildman–Crippen LogP) is 2.42. The minimum Gasteiger partial charge on any atom is -0.361 e. The van der Waals surface area contributed by atoms with Gasteiger partial charge in [0.25, 0.3) is 5.91 Å². The molecule has 0 N–H and O–H groups in total. The van der Waals surface area contributed by atoms with Gasteiger partial charge in [0.2, 0.25) is 0 Å². The largest absolute Gasteiger partial charge is 0.361 e. The Balaban J connectivity index is 1.62.